The molecule has 1 aromatic carbocycles. The number of aromatic nitrogens is 1. The van der Waals surface area contributed by atoms with E-state index in [1.165, 1.54) is 11.3 Å². The number of carbonyl (C=O) groups excluding carboxylic acids is 1. The number of nitrogens with one attached hydrogen (secondary N) is 1. The molecular weight excluding hydrogens is 328 g/mol. The van der Waals surface area contributed by atoms with Crippen LogP contribution in [0.25, 0.3) is 10.6 Å². The van der Waals surface area contributed by atoms with Gasteiger partial charge in [-0.25, -0.2) is 4.98 Å². The molecule has 0 bridgehead atoms. The third-order valence-corrected chi connectivity index (χ3v) is 4.47. The Labute approximate surface area is 144 Å². The van der Waals surface area contributed by atoms with E-state index in [9.17, 15) is 9.59 Å². The number of nitrogens with zero attached hydrogens (tertiary/aromatic N) is 1. The molecule has 0 saturated carbocycles. The quantitative estimate of drug-likeness (QED) is 0.716. The van der Waals surface area contributed by atoms with Crippen molar-refractivity contribution in [2.45, 2.75) is 26.7 Å². The maximum Gasteiger partial charge on any atom is 0.303 e. The summed E-state index contributed by atoms with van der Waals surface area (Å²) in [6, 6.07) is 7.58. The summed E-state index contributed by atoms with van der Waals surface area (Å²) >= 11 is 1.32. The SMILES string of the molecule is CCOc1ccc(-c2nc(C)c(C(=O)NCCCC(=O)O)s2)cc1. The van der Waals surface area contributed by atoms with Crippen molar-refractivity contribution in [3.8, 4) is 16.3 Å². The largest absolute Gasteiger partial charge is 0.494 e. The Hall–Kier alpha value is -2.41. The summed E-state index contributed by atoms with van der Waals surface area (Å²) in [6.45, 7) is 4.67. The number of carboxylic acid groups (broad SMARTS) is 1. The number of carboxylic acids is 1. The number of thiazole rings is 1. The number of ether oxygens (including phenoxy) is 1. The van der Waals surface area contributed by atoms with E-state index >= 15 is 0 Å². The Morgan fingerprint density at radius 3 is 2.62 bits per heavy atom. The van der Waals surface area contributed by atoms with Gasteiger partial charge in [0.1, 0.15) is 15.6 Å². The number of benzene rings is 1. The second-order valence-corrected chi connectivity index (χ2v) is 6.14. The molecule has 7 heteroatoms. The maximum absolute atomic E-state index is 12.2. The normalized spacial score (nSPS) is 10.4. The summed E-state index contributed by atoms with van der Waals surface area (Å²) in [5.74, 6) is -0.283. The summed E-state index contributed by atoms with van der Waals surface area (Å²) in [5.41, 5.74) is 1.59. The molecule has 6 nitrogen and oxygen atoms in total. The van der Waals surface area contributed by atoms with Crippen LogP contribution in [0.1, 0.15) is 35.1 Å². The first kappa shape index (κ1) is 17.9. The summed E-state index contributed by atoms with van der Waals surface area (Å²) < 4.78 is 5.41. The van der Waals surface area contributed by atoms with Gasteiger partial charge in [0.15, 0.2) is 0 Å². The molecule has 128 valence electrons. The molecule has 0 aliphatic heterocycles. The van der Waals surface area contributed by atoms with Crippen molar-refractivity contribution in [1.82, 2.24) is 10.3 Å². The number of hydrogen-bond acceptors (Lipinski definition) is 5. The molecular formula is C17H20N2O4S. The van der Waals surface area contributed by atoms with Crippen molar-refractivity contribution in [3.05, 3.63) is 34.8 Å². The lowest BCUT2D eigenvalue weighted by Gasteiger charge is -2.03. The van der Waals surface area contributed by atoms with Gasteiger partial charge < -0.3 is 15.2 Å². The van der Waals surface area contributed by atoms with Crippen LogP contribution >= 0.6 is 11.3 Å². The van der Waals surface area contributed by atoms with Gasteiger partial charge in [-0.15, -0.1) is 11.3 Å². The molecule has 1 heterocycles. The van der Waals surface area contributed by atoms with Crippen LogP contribution in [0.15, 0.2) is 24.3 Å². The number of aryl methyl sites for hydroxylation is 1. The highest BCUT2D eigenvalue weighted by Gasteiger charge is 2.16. The van der Waals surface area contributed by atoms with Gasteiger partial charge in [0, 0.05) is 18.5 Å². The van der Waals surface area contributed by atoms with Gasteiger partial charge >= 0.3 is 5.97 Å². The highest BCUT2D eigenvalue weighted by Crippen LogP contribution is 2.29. The molecule has 0 saturated heterocycles. The Bertz CT molecular complexity index is 710. The predicted molar refractivity (Wildman–Crippen MR) is 92.7 cm³/mol. The van der Waals surface area contributed by atoms with Crippen molar-refractivity contribution in [2.75, 3.05) is 13.2 Å². The fraction of sp³-hybridized carbons (Fsp3) is 0.353. The van der Waals surface area contributed by atoms with Crippen LogP contribution < -0.4 is 10.1 Å². The van der Waals surface area contributed by atoms with Gasteiger partial charge in [-0.05, 0) is 44.5 Å². The van der Waals surface area contributed by atoms with Crippen LogP contribution in [0.2, 0.25) is 0 Å². The number of hydrogen-bond donors (Lipinski definition) is 2. The number of aliphatic carboxylic acids is 1. The van der Waals surface area contributed by atoms with E-state index in [0.717, 1.165) is 16.3 Å². The third-order valence-electron chi connectivity index (χ3n) is 3.27. The van der Waals surface area contributed by atoms with Crippen molar-refractivity contribution < 1.29 is 19.4 Å². The third kappa shape index (κ3) is 4.79. The average molecular weight is 348 g/mol. The molecule has 0 fully saturated rings. The molecule has 24 heavy (non-hydrogen) atoms. The Kier molecular flexibility index (Phi) is 6.31. The number of rotatable bonds is 8. The van der Waals surface area contributed by atoms with E-state index in [2.05, 4.69) is 10.3 Å². The summed E-state index contributed by atoms with van der Waals surface area (Å²) in [5, 5.41) is 12.1. The minimum atomic E-state index is -0.865. The van der Waals surface area contributed by atoms with Crippen molar-refractivity contribution in [2.24, 2.45) is 0 Å². The van der Waals surface area contributed by atoms with E-state index in [-0.39, 0.29) is 12.3 Å². The topological polar surface area (TPSA) is 88.5 Å². The molecule has 0 spiro atoms. The standard InChI is InChI=1S/C17H20N2O4S/c1-3-23-13-8-6-12(7-9-13)17-19-11(2)15(24-17)16(22)18-10-4-5-14(20)21/h6-9H,3-5,10H2,1-2H3,(H,18,22)(H,20,21). The van der Waals surface area contributed by atoms with E-state index in [1.54, 1.807) is 6.92 Å². The summed E-state index contributed by atoms with van der Waals surface area (Å²) in [6.07, 6.45) is 0.448. The lowest BCUT2D eigenvalue weighted by Crippen LogP contribution is -2.24. The molecule has 1 aromatic heterocycles. The summed E-state index contributed by atoms with van der Waals surface area (Å²) in [4.78, 5) is 27.7. The first-order chi connectivity index (χ1) is 11.5. The number of carbonyl (C=O) groups is 2. The smallest absolute Gasteiger partial charge is 0.303 e. The van der Waals surface area contributed by atoms with E-state index in [4.69, 9.17) is 9.84 Å². The maximum atomic E-state index is 12.2. The minimum absolute atomic E-state index is 0.0411. The van der Waals surface area contributed by atoms with Gasteiger partial charge in [0.2, 0.25) is 0 Å². The van der Waals surface area contributed by atoms with Crippen molar-refractivity contribution in [3.63, 3.8) is 0 Å². The van der Waals surface area contributed by atoms with Crippen LogP contribution in [-0.4, -0.2) is 35.1 Å². The molecule has 2 rings (SSSR count). The first-order valence-electron chi connectivity index (χ1n) is 7.72. The van der Waals surface area contributed by atoms with E-state index in [0.29, 0.717) is 30.1 Å². The lowest BCUT2D eigenvalue weighted by atomic mass is 10.2. The molecule has 2 N–H and O–H groups in total. The molecule has 2 aromatic rings. The zero-order chi connectivity index (χ0) is 17.5. The Balaban J connectivity index is 2.03. The Morgan fingerprint density at radius 2 is 2.00 bits per heavy atom. The monoisotopic (exact) mass is 348 g/mol. The van der Waals surface area contributed by atoms with E-state index < -0.39 is 5.97 Å². The van der Waals surface area contributed by atoms with Crippen LogP contribution in [0, 0.1) is 6.92 Å². The molecule has 1 amide bonds. The highest BCUT2D eigenvalue weighted by atomic mass is 32.1. The van der Waals surface area contributed by atoms with Gasteiger partial charge in [0.25, 0.3) is 5.91 Å². The first-order valence-corrected chi connectivity index (χ1v) is 8.53. The second kappa shape index (κ2) is 8.44. The van der Waals surface area contributed by atoms with Crippen molar-refractivity contribution in [1.29, 1.82) is 0 Å². The fourth-order valence-electron chi connectivity index (χ4n) is 2.11. The van der Waals surface area contributed by atoms with Crippen LogP contribution in [0.4, 0.5) is 0 Å². The van der Waals surface area contributed by atoms with Gasteiger partial charge in [0.05, 0.1) is 12.3 Å². The van der Waals surface area contributed by atoms with Crippen LogP contribution in [-0.2, 0) is 4.79 Å². The van der Waals surface area contributed by atoms with Crippen molar-refractivity contribution >= 4 is 23.2 Å². The number of amides is 1. The lowest BCUT2D eigenvalue weighted by molar-refractivity contribution is -0.137. The average Bonchev–Trinajstić information content (AvgIpc) is 2.94. The Morgan fingerprint density at radius 1 is 1.29 bits per heavy atom. The second-order valence-electron chi connectivity index (χ2n) is 5.14. The minimum Gasteiger partial charge on any atom is -0.494 e. The zero-order valence-corrected chi connectivity index (χ0v) is 14.5. The molecule has 0 unspecified atom stereocenters. The zero-order valence-electron chi connectivity index (χ0n) is 13.7. The molecule has 0 atom stereocenters. The summed E-state index contributed by atoms with van der Waals surface area (Å²) in [7, 11) is 0. The molecule has 0 aliphatic rings. The van der Waals surface area contributed by atoms with Gasteiger partial charge in [-0.1, -0.05) is 0 Å². The molecule has 0 aliphatic carbocycles. The highest BCUT2D eigenvalue weighted by molar-refractivity contribution is 7.17. The fourth-order valence-corrected chi connectivity index (χ4v) is 3.10. The predicted octanol–water partition coefficient (Wildman–Crippen LogP) is 3.11. The van der Waals surface area contributed by atoms with Crippen LogP contribution in [0.5, 0.6) is 5.75 Å². The van der Waals surface area contributed by atoms with Gasteiger partial charge in [-0.3, -0.25) is 9.59 Å². The van der Waals surface area contributed by atoms with Gasteiger partial charge in [-0.2, -0.15) is 0 Å². The molecule has 0 radical (unpaired) electrons. The van der Waals surface area contributed by atoms with E-state index in [1.807, 2.05) is 31.2 Å². The van der Waals surface area contributed by atoms with Crippen LogP contribution in [0.3, 0.4) is 0 Å².